The standard InChI is InChI=1S/C16H14O5/c17-10-3-1-9(2-4-10)12-7-19-13-6-15-14(20-8-21-15)5-11(13)16(12)18/h1-6,12,16-18H,7-8H2. The van der Waals surface area contributed by atoms with Gasteiger partial charge in [0.15, 0.2) is 11.5 Å². The number of hydrogen-bond donors (Lipinski definition) is 2. The number of phenolic OH excluding ortho intramolecular Hbond substituents is 1. The molecule has 0 spiro atoms. The Hall–Kier alpha value is -2.40. The Morgan fingerprint density at radius 2 is 1.62 bits per heavy atom. The lowest BCUT2D eigenvalue weighted by atomic mass is 9.87. The Morgan fingerprint density at radius 1 is 0.905 bits per heavy atom. The van der Waals surface area contributed by atoms with E-state index in [1.165, 1.54) is 0 Å². The Bertz CT molecular complexity index is 680. The Balaban J connectivity index is 1.71. The second-order valence-electron chi connectivity index (χ2n) is 5.20. The second-order valence-corrected chi connectivity index (χ2v) is 5.20. The van der Waals surface area contributed by atoms with Crippen molar-refractivity contribution >= 4 is 0 Å². The van der Waals surface area contributed by atoms with Crippen LogP contribution in [0.4, 0.5) is 0 Å². The van der Waals surface area contributed by atoms with Gasteiger partial charge in [-0.05, 0) is 23.8 Å². The largest absolute Gasteiger partial charge is 0.508 e. The fourth-order valence-electron chi connectivity index (χ4n) is 2.78. The van der Waals surface area contributed by atoms with E-state index in [9.17, 15) is 10.2 Å². The van der Waals surface area contributed by atoms with Crippen LogP contribution < -0.4 is 14.2 Å². The zero-order valence-electron chi connectivity index (χ0n) is 11.2. The first kappa shape index (κ1) is 12.3. The summed E-state index contributed by atoms with van der Waals surface area (Å²) in [4.78, 5) is 0. The molecule has 2 aliphatic heterocycles. The number of aliphatic hydroxyl groups is 1. The van der Waals surface area contributed by atoms with E-state index in [0.717, 1.165) is 5.56 Å². The van der Waals surface area contributed by atoms with Gasteiger partial charge in [-0.1, -0.05) is 12.1 Å². The minimum atomic E-state index is -0.687. The fourth-order valence-corrected chi connectivity index (χ4v) is 2.78. The molecule has 5 heteroatoms. The van der Waals surface area contributed by atoms with E-state index in [1.807, 2.05) is 0 Å². The molecule has 2 unspecified atom stereocenters. The van der Waals surface area contributed by atoms with Crippen LogP contribution in [0.3, 0.4) is 0 Å². The van der Waals surface area contributed by atoms with Gasteiger partial charge in [-0.2, -0.15) is 0 Å². The molecule has 0 aromatic heterocycles. The molecule has 0 radical (unpaired) electrons. The average molecular weight is 286 g/mol. The van der Waals surface area contributed by atoms with Gasteiger partial charge >= 0.3 is 0 Å². The third-order valence-electron chi connectivity index (χ3n) is 3.94. The summed E-state index contributed by atoms with van der Waals surface area (Å²) in [5, 5.41) is 20.0. The zero-order chi connectivity index (χ0) is 14.4. The summed E-state index contributed by atoms with van der Waals surface area (Å²) in [5.41, 5.74) is 1.62. The highest BCUT2D eigenvalue weighted by Gasteiger charge is 2.33. The fraction of sp³-hybridized carbons (Fsp3) is 0.250. The highest BCUT2D eigenvalue weighted by atomic mass is 16.7. The molecule has 0 amide bonds. The van der Waals surface area contributed by atoms with Gasteiger partial charge in [0, 0.05) is 17.5 Å². The predicted octanol–water partition coefficient (Wildman–Crippen LogP) is 2.33. The SMILES string of the molecule is Oc1ccc(C2COc3cc4c(cc3C2O)OCO4)cc1. The molecular formula is C16H14O5. The summed E-state index contributed by atoms with van der Waals surface area (Å²) >= 11 is 0. The van der Waals surface area contributed by atoms with Gasteiger partial charge in [-0.3, -0.25) is 0 Å². The summed E-state index contributed by atoms with van der Waals surface area (Å²) < 4.78 is 16.4. The van der Waals surface area contributed by atoms with E-state index < -0.39 is 6.10 Å². The van der Waals surface area contributed by atoms with E-state index >= 15 is 0 Å². The number of aliphatic hydroxyl groups excluding tert-OH is 1. The van der Waals surface area contributed by atoms with Crippen molar-refractivity contribution in [1.82, 2.24) is 0 Å². The summed E-state index contributed by atoms with van der Waals surface area (Å²) in [6, 6.07) is 10.3. The van der Waals surface area contributed by atoms with E-state index in [-0.39, 0.29) is 18.5 Å². The monoisotopic (exact) mass is 286 g/mol. The molecule has 0 bridgehead atoms. The van der Waals surface area contributed by atoms with Crippen LogP contribution in [0.15, 0.2) is 36.4 Å². The van der Waals surface area contributed by atoms with Gasteiger partial charge in [0.1, 0.15) is 11.5 Å². The van der Waals surface area contributed by atoms with Crippen molar-refractivity contribution in [3.05, 3.63) is 47.5 Å². The molecule has 108 valence electrons. The normalized spacial score (nSPS) is 22.5. The summed E-state index contributed by atoms with van der Waals surface area (Å²) in [5.74, 6) is 1.92. The van der Waals surface area contributed by atoms with E-state index in [1.54, 1.807) is 36.4 Å². The van der Waals surface area contributed by atoms with Crippen LogP contribution in [-0.2, 0) is 0 Å². The first-order valence-electron chi connectivity index (χ1n) is 6.76. The van der Waals surface area contributed by atoms with Gasteiger partial charge in [-0.15, -0.1) is 0 Å². The predicted molar refractivity (Wildman–Crippen MR) is 73.9 cm³/mol. The molecule has 0 saturated carbocycles. The molecule has 2 heterocycles. The number of phenols is 1. The lowest BCUT2D eigenvalue weighted by Gasteiger charge is -2.30. The van der Waals surface area contributed by atoms with Crippen LogP contribution in [0.2, 0.25) is 0 Å². The van der Waals surface area contributed by atoms with Crippen LogP contribution in [0.25, 0.3) is 0 Å². The summed E-state index contributed by atoms with van der Waals surface area (Å²) in [6.45, 7) is 0.564. The third kappa shape index (κ3) is 1.97. The van der Waals surface area contributed by atoms with Gasteiger partial charge in [-0.25, -0.2) is 0 Å². The van der Waals surface area contributed by atoms with Crippen molar-refractivity contribution in [1.29, 1.82) is 0 Å². The average Bonchev–Trinajstić information content (AvgIpc) is 2.94. The third-order valence-corrected chi connectivity index (χ3v) is 3.94. The maximum atomic E-state index is 10.6. The molecule has 0 fully saturated rings. The maximum Gasteiger partial charge on any atom is 0.231 e. The highest BCUT2D eigenvalue weighted by molar-refractivity contribution is 5.54. The molecular weight excluding hydrogens is 272 g/mol. The van der Waals surface area contributed by atoms with Crippen molar-refractivity contribution in [3.8, 4) is 23.0 Å². The number of aromatic hydroxyl groups is 1. The molecule has 2 aromatic carbocycles. The highest BCUT2D eigenvalue weighted by Crippen LogP contribution is 2.46. The summed E-state index contributed by atoms with van der Waals surface area (Å²) in [6.07, 6.45) is -0.687. The number of benzene rings is 2. The molecule has 21 heavy (non-hydrogen) atoms. The number of rotatable bonds is 1. The summed E-state index contributed by atoms with van der Waals surface area (Å²) in [7, 11) is 0. The van der Waals surface area contributed by atoms with Gasteiger partial charge in [0.25, 0.3) is 0 Å². The smallest absolute Gasteiger partial charge is 0.231 e. The number of hydrogen-bond acceptors (Lipinski definition) is 5. The van der Waals surface area contributed by atoms with Crippen LogP contribution in [0.1, 0.15) is 23.1 Å². The van der Waals surface area contributed by atoms with Crippen molar-refractivity contribution in [3.63, 3.8) is 0 Å². The van der Waals surface area contributed by atoms with Crippen LogP contribution in [-0.4, -0.2) is 23.6 Å². The minimum Gasteiger partial charge on any atom is -0.508 e. The quantitative estimate of drug-likeness (QED) is 0.842. The lowest BCUT2D eigenvalue weighted by Crippen LogP contribution is -2.24. The van der Waals surface area contributed by atoms with Crippen molar-refractivity contribution in [2.24, 2.45) is 0 Å². The molecule has 4 rings (SSSR count). The molecule has 2 aliphatic rings. The minimum absolute atomic E-state index is 0.182. The Kier molecular flexibility index (Phi) is 2.68. The van der Waals surface area contributed by atoms with Crippen LogP contribution >= 0.6 is 0 Å². The molecule has 5 nitrogen and oxygen atoms in total. The van der Waals surface area contributed by atoms with E-state index in [0.29, 0.717) is 29.4 Å². The first-order chi connectivity index (χ1) is 10.2. The van der Waals surface area contributed by atoms with E-state index in [2.05, 4.69) is 0 Å². The second kappa shape index (κ2) is 4.56. The Morgan fingerprint density at radius 3 is 2.38 bits per heavy atom. The van der Waals surface area contributed by atoms with Gasteiger partial charge in [0.05, 0.1) is 12.7 Å². The van der Waals surface area contributed by atoms with Crippen molar-refractivity contribution < 1.29 is 24.4 Å². The van der Waals surface area contributed by atoms with E-state index in [4.69, 9.17) is 14.2 Å². The lowest BCUT2D eigenvalue weighted by molar-refractivity contribution is 0.0887. The van der Waals surface area contributed by atoms with Crippen molar-refractivity contribution in [2.75, 3.05) is 13.4 Å². The molecule has 0 saturated heterocycles. The van der Waals surface area contributed by atoms with Gasteiger partial charge < -0.3 is 24.4 Å². The molecule has 2 N–H and O–H groups in total. The maximum absolute atomic E-state index is 10.6. The molecule has 0 aliphatic carbocycles. The molecule has 2 atom stereocenters. The molecule has 2 aromatic rings. The van der Waals surface area contributed by atoms with Crippen molar-refractivity contribution in [2.45, 2.75) is 12.0 Å². The number of ether oxygens (including phenoxy) is 3. The van der Waals surface area contributed by atoms with Crippen LogP contribution in [0, 0.1) is 0 Å². The van der Waals surface area contributed by atoms with Gasteiger partial charge in [0.2, 0.25) is 6.79 Å². The first-order valence-corrected chi connectivity index (χ1v) is 6.76. The zero-order valence-corrected chi connectivity index (χ0v) is 11.2. The number of fused-ring (bicyclic) bond motifs is 2. The topological polar surface area (TPSA) is 68.2 Å². The Labute approximate surface area is 121 Å². The van der Waals surface area contributed by atoms with Crippen LogP contribution in [0.5, 0.6) is 23.0 Å².